The number of fused-ring (bicyclic) bond motifs is 1. The van der Waals surface area contributed by atoms with Crippen LogP contribution in [0.2, 0.25) is 0 Å². The molecule has 6 heteroatoms. The summed E-state index contributed by atoms with van der Waals surface area (Å²) in [4.78, 5) is 23.5. The second-order valence-electron chi connectivity index (χ2n) is 6.59. The fourth-order valence-corrected chi connectivity index (χ4v) is 3.13. The second-order valence-corrected chi connectivity index (χ2v) is 6.59. The summed E-state index contributed by atoms with van der Waals surface area (Å²) in [6, 6.07) is 19.3. The summed E-state index contributed by atoms with van der Waals surface area (Å²) in [5.74, 6) is -1.40. The van der Waals surface area contributed by atoms with E-state index in [9.17, 15) is 14.7 Å². The SMILES string of the molecule is C[C@H](/C=C/C(=O)O)[C@@H](OC(=O)Nc1ccccc1)c1ccc(O)c2ccccc12. The molecule has 3 rings (SSSR count). The highest BCUT2D eigenvalue weighted by Gasteiger charge is 2.25. The third-order valence-corrected chi connectivity index (χ3v) is 4.52. The van der Waals surface area contributed by atoms with E-state index < -0.39 is 24.1 Å². The molecule has 0 aliphatic rings. The van der Waals surface area contributed by atoms with Crippen LogP contribution in [-0.4, -0.2) is 22.3 Å². The molecule has 29 heavy (non-hydrogen) atoms. The number of phenols is 1. The summed E-state index contributed by atoms with van der Waals surface area (Å²) in [5.41, 5.74) is 1.25. The number of carbonyl (C=O) groups is 2. The fourth-order valence-electron chi connectivity index (χ4n) is 3.13. The van der Waals surface area contributed by atoms with E-state index in [0.29, 0.717) is 16.6 Å². The minimum atomic E-state index is -1.08. The van der Waals surface area contributed by atoms with Gasteiger partial charge in [-0.1, -0.05) is 61.5 Å². The van der Waals surface area contributed by atoms with E-state index in [4.69, 9.17) is 9.84 Å². The van der Waals surface area contributed by atoms with Gasteiger partial charge in [-0.2, -0.15) is 0 Å². The lowest BCUT2D eigenvalue weighted by Crippen LogP contribution is -2.21. The van der Waals surface area contributed by atoms with Crippen molar-refractivity contribution in [3.8, 4) is 5.75 Å². The fraction of sp³-hybridized carbons (Fsp3) is 0.130. The Morgan fingerprint density at radius 2 is 1.62 bits per heavy atom. The zero-order valence-corrected chi connectivity index (χ0v) is 15.8. The molecule has 0 heterocycles. The van der Waals surface area contributed by atoms with Gasteiger partial charge in [0.25, 0.3) is 0 Å². The molecule has 0 fully saturated rings. The van der Waals surface area contributed by atoms with E-state index in [1.807, 2.05) is 18.2 Å². The number of carboxylic acid groups (broad SMARTS) is 1. The minimum Gasteiger partial charge on any atom is -0.507 e. The summed E-state index contributed by atoms with van der Waals surface area (Å²) >= 11 is 0. The van der Waals surface area contributed by atoms with Crippen molar-refractivity contribution in [3.63, 3.8) is 0 Å². The van der Waals surface area contributed by atoms with Gasteiger partial charge in [0.15, 0.2) is 0 Å². The second kappa shape index (κ2) is 8.93. The van der Waals surface area contributed by atoms with E-state index in [2.05, 4.69) is 5.32 Å². The van der Waals surface area contributed by atoms with Crippen molar-refractivity contribution < 1.29 is 24.5 Å². The minimum absolute atomic E-state index is 0.116. The molecule has 0 bridgehead atoms. The molecule has 0 saturated carbocycles. The highest BCUT2D eigenvalue weighted by atomic mass is 16.6. The summed E-state index contributed by atoms with van der Waals surface area (Å²) in [6.45, 7) is 1.77. The number of rotatable bonds is 6. The topological polar surface area (TPSA) is 95.9 Å². The number of carboxylic acids is 1. The lowest BCUT2D eigenvalue weighted by atomic mass is 9.92. The number of hydrogen-bond acceptors (Lipinski definition) is 4. The molecule has 148 valence electrons. The molecular weight excluding hydrogens is 370 g/mol. The first kappa shape index (κ1) is 19.9. The largest absolute Gasteiger partial charge is 0.507 e. The number of anilines is 1. The van der Waals surface area contributed by atoms with E-state index >= 15 is 0 Å². The Morgan fingerprint density at radius 3 is 2.31 bits per heavy atom. The van der Waals surface area contributed by atoms with Gasteiger partial charge in [-0.25, -0.2) is 9.59 Å². The zero-order chi connectivity index (χ0) is 20.8. The van der Waals surface area contributed by atoms with Crippen molar-refractivity contribution in [1.82, 2.24) is 0 Å². The van der Waals surface area contributed by atoms with Gasteiger partial charge in [0, 0.05) is 28.6 Å². The number of phenolic OH excluding ortho intramolecular Hbond substituents is 1. The van der Waals surface area contributed by atoms with Gasteiger partial charge >= 0.3 is 12.1 Å². The first-order chi connectivity index (χ1) is 14.0. The third kappa shape index (κ3) is 4.93. The molecule has 3 aromatic rings. The van der Waals surface area contributed by atoms with Crippen molar-refractivity contribution in [2.75, 3.05) is 5.32 Å². The van der Waals surface area contributed by atoms with Gasteiger partial charge in [-0.3, -0.25) is 5.32 Å². The van der Waals surface area contributed by atoms with Crippen LogP contribution in [0.4, 0.5) is 10.5 Å². The molecule has 0 aromatic heterocycles. The molecule has 1 amide bonds. The maximum atomic E-state index is 12.5. The number of aliphatic carboxylic acids is 1. The van der Waals surface area contributed by atoms with Crippen LogP contribution in [0.5, 0.6) is 5.75 Å². The smallest absolute Gasteiger partial charge is 0.412 e. The Labute approximate surface area is 168 Å². The number of para-hydroxylation sites is 1. The molecule has 2 atom stereocenters. The van der Waals surface area contributed by atoms with Crippen molar-refractivity contribution >= 4 is 28.5 Å². The number of amides is 1. The first-order valence-corrected chi connectivity index (χ1v) is 9.10. The van der Waals surface area contributed by atoms with E-state index in [-0.39, 0.29) is 5.75 Å². The van der Waals surface area contributed by atoms with Crippen LogP contribution in [0, 0.1) is 5.92 Å². The maximum Gasteiger partial charge on any atom is 0.412 e. The van der Waals surface area contributed by atoms with E-state index in [1.165, 1.54) is 12.1 Å². The predicted molar refractivity (Wildman–Crippen MR) is 111 cm³/mol. The van der Waals surface area contributed by atoms with Gasteiger partial charge in [-0.15, -0.1) is 0 Å². The summed E-state index contributed by atoms with van der Waals surface area (Å²) in [7, 11) is 0. The quantitative estimate of drug-likeness (QED) is 0.507. The highest BCUT2D eigenvalue weighted by Crippen LogP contribution is 2.36. The van der Waals surface area contributed by atoms with Crippen LogP contribution in [0.15, 0.2) is 78.9 Å². The molecule has 6 nitrogen and oxygen atoms in total. The van der Waals surface area contributed by atoms with Crippen LogP contribution >= 0.6 is 0 Å². The highest BCUT2D eigenvalue weighted by molar-refractivity contribution is 5.91. The number of carbonyl (C=O) groups excluding carboxylic acids is 1. The third-order valence-electron chi connectivity index (χ3n) is 4.52. The van der Waals surface area contributed by atoms with Crippen LogP contribution in [0.1, 0.15) is 18.6 Å². The summed E-state index contributed by atoms with van der Waals surface area (Å²) in [5, 5.41) is 23.1. The molecule has 3 aromatic carbocycles. The molecule has 0 aliphatic heterocycles. The molecule has 0 unspecified atom stereocenters. The van der Waals surface area contributed by atoms with E-state index in [1.54, 1.807) is 49.4 Å². The number of ether oxygens (including phenoxy) is 1. The standard InChI is InChI=1S/C23H21NO5/c1-15(11-14-21(26)27)22(29-23(28)24-16-7-3-2-4-8-16)19-12-13-20(25)18-10-6-5-9-17(18)19/h2-15,22,25H,1H3,(H,24,28)(H,26,27)/b14-11+/t15-,22-/m1/s1. The molecule has 0 radical (unpaired) electrons. The van der Waals surface area contributed by atoms with Crippen LogP contribution in [0.25, 0.3) is 10.8 Å². The maximum absolute atomic E-state index is 12.5. The monoisotopic (exact) mass is 391 g/mol. The van der Waals surface area contributed by atoms with Crippen molar-refractivity contribution in [2.24, 2.45) is 5.92 Å². The van der Waals surface area contributed by atoms with Gasteiger partial charge in [0.2, 0.25) is 0 Å². The Hall–Kier alpha value is -3.80. The molecule has 0 aliphatic carbocycles. The van der Waals surface area contributed by atoms with Crippen LogP contribution in [-0.2, 0) is 9.53 Å². The number of benzene rings is 3. The Kier molecular flexibility index (Phi) is 6.14. The number of nitrogens with one attached hydrogen (secondary N) is 1. The van der Waals surface area contributed by atoms with Crippen molar-refractivity contribution in [2.45, 2.75) is 13.0 Å². The van der Waals surface area contributed by atoms with Gasteiger partial charge in [0.1, 0.15) is 11.9 Å². The molecule has 3 N–H and O–H groups in total. The summed E-state index contributed by atoms with van der Waals surface area (Å²) < 4.78 is 5.71. The Balaban J connectivity index is 1.96. The van der Waals surface area contributed by atoms with Gasteiger partial charge in [0.05, 0.1) is 0 Å². The first-order valence-electron chi connectivity index (χ1n) is 9.10. The zero-order valence-electron chi connectivity index (χ0n) is 15.8. The molecular formula is C23H21NO5. The summed E-state index contributed by atoms with van der Waals surface area (Å²) in [6.07, 6.45) is 1.08. The van der Waals surface area contributed by atoms with Gasteiger partial charge < -0.3 is 14.9 Å². The van der Waals surface area contributed by atoms with Crippen molar-refractivity contribution in [1.29, 1.82) is 0 Å². The average Bonchev–Trinajstić information content (AvgIpc) is 2.72. The normalized spacial score (nSPS) is 13.1. The van der Waals surface area contributed by atoms with Crippen LogP contribution in [0.3, 0.4) is 0 Å². The number of hydrogen-bond donors (Lipinski definition) is 3. The molecule has 0 spiro atoms. The Morgan fingerprint density at radius 1 is 0.966 bits per heavy atom. The molecule has 0 saturated heterocycles. The average molecular weight is 391 g/mol. The lowest BCUT2D eigenvalue weighted by Gasteiger charge is -2.24. The van der Waals surface area contributed by atoms with Crippen molar-refractivity contribution in [3.05, 3.63) is 84.4 Å². The lowest BCUT2D eigenvalue weighted by molar-refractivity contribution is -0.131. The predicted octanol–water partition coefficient (Wildman–Crippen LogP) is 5.11. The Bertz CT molecular complexity index is 1050. The van der Waals surface area contributed by atoms with E-state index in [0.717, 1.165) is 11.5 Å². The number of aromatic hydroxyl groups is 1. The van der Waals surface area contributed by atoms with Crippen LogP contribution < -0.4 is 5.32 Å². The van der Waals surface area contributed by atoms with Gasteiger partial charge in [-0.05, 0) is 23.6 Å².